The predicted molar refractivity (Wildman–Crippen MR) is 79.8 cm³/mol. The van der Waals surface area contributed by atoms with Crippen LogP contribution in [0.25, 0.3) is 0 Å². The molecule has 2 atom stereocenters. The number of nitrogens with zero attached hydrogens (tertiary/aromatic N) is 1. The zero-order valence-electron chi connectivity index (χ0n) is 12.9. The Kier molecular flexibility index (Phi) is 6.45. The highest BCUT2D eigenvalue weighted by Crippen LogP contribution is 2.24. The van der Waals surface area contributed by atoms with E-state index < -0.39 is 0 Å². The number of carbonyl (C=O) groups is 2. The van der Waals surface area contributed by atoms with Crippen LogP contribution in [0, 0.1) is 5.92 Å². The first-order chi connectivity index (χ1) is 10.2. The van der Waals surface area contributed by atoms with Gasteiger partial charge in [0.05, 0.1) is 13.2 Å². The number of esters is 1. The van der Waals surface area contributed by atoms with E-state index in [2.05, 4.69) is 15.5 Å². The molecule has 0 saturated carbocycles. The molecule has 2 aliphatic rings. The minimum absolute atomic E-state index is 0.0532. The third kappa shape index (κ3) is 5.28. The molecule has 2 heterocycles. The number of amides is 1. The van der Waals surface area contributed by atoms with Crippen molar-refractivity contribution in [1.29, 1.82) is 0 Å². The topological polar surface area (TPSA) is 70.7 Å². The summed E-state index contributed by atoms with van der Waals surface area (Å²) < 4.78 is 4.84. The van der Waals surface area contributed by atoms with Crippen molar-refractivity contribution < 1.29 is 14.3 Å². The van der Waals surface area contributed by atoms with Crippen LogP contribution < -0.4 is 10.6 Å². The van der Waals surface area contributed by atoms with Gasteiger partial charge < -0.3 is 15.4 Å². The molecule has 0 aromatic heterocycles. The van der Waals surface area contributed by atoms with Crippen LogP contribution in [0.3, 0.4) is 0 Å². The van der Waals surface area contributed by atoms with Gasteiger partial charge in [0.15, 0.2) is 0 Å². The van der Waals surface area contributed by atoms with Gasteiger partial charge in [0.25, 0.3) is 0 Å². The van der Waals surface area contributed by atoms with Crippen molar-refractivity contribution in [2.45, 2.75) is 38.6 Å². The van der Waals surface area contributed by atoms with Crippen LogP contribution in [0.15, 0.2) is 0 Å². The fraction of sp³-hybridized carbons (Fsp3) is 0.867. The number of ether oxygens (including phenoxy) is 1. The van der Waals surface area contributed by atoms with E-state index in [1.165, 1.54) is 12.8 Å². The second kappa shape index (κ2) is 8.34. The van der Waals surface area contributed by atoms with E-state index in [1.54, 1.807) is 6.92 Å². The van der Waals surface area contributed by atoms with E-state index in [4.69, 9.17) is 4.74 Å². The quantitative estimate of drug-likeness (QED) is 0.516. The van der Waals surface area contributed by atoms with Gasteiger partial charge >= 0.3 is 5.97 Å². The van der Waals surface area contributed by atoms with E-state index in [0.29, 0.717) is 44.5 Å². The molecule has 0 aromatic rings. The third-order valence-electron chi connectivity index (χ3n) is 4.23. The highest BCUT2D eigenvalue weighted by Gasteiger charge is 2.34. The average molecular weight is 297 g/mol. The molecule has 1 amide bonds. The number of hydrogen-bond donors (Lipinski definition) is 2. The summed E-state index contributed by atoms with van der Waals surface area (Å²) in [6.45, 7) is 6.31. The number of rotatable bonds is 7. The van der Waals surface area contributed by atoms with E-state index >= 15 is 0 Å². The first kappa shape index (κ1) is 16.2. The third-order valence-corrected chi connectivity index (χ3v) is 4.23. The summed E-state index contributed by atoms with van der Waals surface area (Å²) in [5.74, 6) is 0.564. The Hall–Kier alpha value is -1.14. The molecule has 0 radical (unpaired) electrons. The SMILES string of the molecule is CCOC(=O)CCCNC(=O)CN1CC2CCCNC2C1. The van der Waals surface area contributed by atoms with Crippen LogP contribution in [-0.2, 0) is 14.3 Å². The van der Waals surface area contributed by atoms with Crippen molar-refractivity contribution in [2.24, 2.45) is 5.92 Å². The van der Waals surface area contributed by atoms with Crippen molar-refractivity contribution in [1.82, 2.24) is 15.5 Å². The Balaban J connectivity index is 1.56. The monoisotopic (exact) mass is 297 g/mol. The summed E-state index contributed by atoms with van der Waals surface area (Å²) >= 11 is 0. The van der Waals surface area contributed by atoms with Crippen LogP contribution in [-0.4, -0.2) is 62.1 Å². The zero-order chi connectivity index (χ0) is 15.1. The molecule has 2 aliphatic heterocycles. The summed E-state index contributed by atoms with van der Waals surface area (Å²) in [6.07, 6.45) is 3.52. The van der Waals surface area contributed by atoms with Gasteiger partial charge in [-0.3, -0.25) is 14.5 Å². The van der Waals surface area contributed by atoms with Crippen molar-refractivity contribution in [3.63, 3.8) is 0 Å². The van der Waals surface area contributed by atoms with Crippen molar-refractivity contribution >= 4 is 11.9 Å². The highest BCUT2D eigenvalue weighted by atomic mass is 16.5. The highest BCUT2D eigenvalue weighted by molar-refractivity contribution is 5.78. The number of carbonyl (C=O) groups excluding carboxylic acids is 2. The fourth-order valence-corrected chi connectivity index (χ4v) is 3.22. The van der Waals surface area contributed by atoms with Crippen molar-refractivity contribution in [2.75, 3.05) is 39.3 Å². The second-order valence-electron chi connectivity index (χ2n) is 5.92. The molecule has 0 aliphatic carbocycles. The number of piperidine rings is 1. The lowest BCUT2D eigenvalue weighted by Gasteiger charge is -2.24. The standard InChI is InChI=1S/C15H27N3O3/c1-2-21-15(20)6-4-8-17-14(19)11-18-9-12-5-3-7-16-13(12)10-18/h12-13,16H,2-11H2,1H3,(H,17,19). The number of hydrogen-bond acceptors (Lipinski definition) is 5. The minimum atomic E-state index is -0.193. The van der Waals surface area contributed by atoms with Gasteiger partial charge in [-0.05, 0) is 38.6 Å². The van der Waals surface area contributed by atoms with Crippen molar-refractivity contribution in [3.05, 3.63) is 0 Å². The Bertz CT molecular complexity index is 348. The van der Waals surface area contributed by atoms with Gasteiger partial charge in [-0.15, -0.1) is 0 Å². The summed E-state index contributed by atoms with van der Waals surface area (Å²) in [6, 6.07) is 0.565. The van der Waals surface area contributed by atoms with E-state index in [9.17, 15) is 9.59 Å². The maximum atomic E-state index is 11.9. The molecule has 0 spiro atoms. The molecular formula is C15H27N3O3. The first-order valence-corrected chi connectivity index (χ1v) is 8.07. The van der Waals surface area contributed by atoms with Crippen LogP contribution in [0.5, 0.6) is 0 Å². The average Bonchev–Trinajstić information content (AvgIpc) is 2.86. The van der Waals surface area contributed by atoms with E-state index in [-0.39, 0.29) is 11.9 Å². The zero-order valence-corrected chi connectivity index (χ0v) is 12.9. The molecule has 2 unspecified atom stereocenters. The maximum Gasteiger partial charge on any atom is 0.305 e. The van der Waals surface area contributed by atoms with Gasteiger partial charge in [-0.2, -0.15) is 0 Å². The summed E-state index contributed by atoms with van der Waals surface area (Å²) in [7, 11) is 0. The van der Waals surface area contributed by atoms with E-state index in [1.807, 2.05) is 0 Å². The molecule has 2 fully saturated rings. The number of fused-ring (bicyclic) bond motifs is 1. The largest absolute Gasteiger partial charge is 0.466 e. The van der Waals surface area contributed by atoms with Crippen LogP contribution in [0.1, 0.15) is 32.6 Å². The molecule has 0 bridgehead atoms. The molecule has 2 saturated heterocycles. The summed E-state index contributed by atoms with van der Waals surface area (Å²) in [5, 5.41) is 6.42. The molecule has 120 valence electrons. The smallest absolute Gasteiger partial charge is 0.305 e. The van der Waals surface area contributed by atoms with Crippen LogP contribution >= 0.6 is 0 Å². The molecule has 2 N–H and O–H groups in total. The lowest BCUT2D eigenvalue weighted by molar-refractivity contribution is -0.143. The lowest BCUT2D eigenvalue weighted by atomic mass is 9.94. The minimum Gasteiger partial charge on any atom is -0.466 e. The van der Waals surface area contributed by atoms with E-state index in [0.717, 1.165) is 19.6 Å². The molecule has 6 nitrogen and oxygen atoms in total. The Morgan fingerprint density at radius 1 is 1.38 bits per heavy atom. The van der Waals surface area contributed by atoms with Crippen molar-refractivity contribution in [3.8, 4) is 0 Å². The maximum absolute atomic E-state index is 11.9. The lowest BCUT2D eigenvalue weighted by Crippen LogP contribution is -2.41. The Labute approximate surface area is 126 Å². The molecule has 6 heteroatoms. The number of nitrogens with one attached hydrogen (secondary N) is 2. The van der Waals surface area contributed by atoms with Gasteiger partial charge in [0.1, 0.15) is 0 Å². The van der Waals surface area contributed by atoms with Gasteiger partial charge in [0.2, 0.25) is 5.91 Å². The van der Waals surface area contributed by atoms with Crippen LogP contribution in [0.2, 0.25) is 0 Å². The summed E-state index contributed by atoms with van der Waals surface area (Å²) in [4.78, 5) is 25.3. The normalized spacial score (nSPS) is 25.4. The molecule has 0 aromatic carbocycles. The Morgan fingerprint density at radius 3 is 3.00 bits per heavy atom. The predicted octanol–water partition coefficient (Wildman–Crippen LogP) is 0.130. The van der Waals surface area contributed by atoms with Crippen LogP contribution in [0.4, 0.5) is 0 Å². The second-order valence-corrected chi connectivity index (χ2v) is 5.92. The summed E-state index contributed by atoms with van der Waals surface area (Å²) in [5.41, 5.74) is 0. The van der Waals surface area contributed by atoms with Gasteiger partial charge in [0, 0.05) is 32.1 Å². The first-order valence-electron chi connectivity index (χ1n) is 8.07. The molecular weight excluding hydrogens is 270 g/mol. The number of likely N-dealkylation sites (tertiary alicyclic amines) is 1. The molecule has 21 heavy (non-hydrogen) atoms. The fourth-order valence-electron chi connectivity index (χ4n) is 3.22. The molecule has 2 rings (SSSR count). The Morgan fingerprint density at radius 2 is 2.24 bits per heavy atom. The van der Waals surface area contributed by atoms with Gasteiger partial charge in [-0.1, -0.05) is 0 Å². The van der Waals surface area contributed by atoms with Gasteiger partial charge in [-0.25, -0.2) is 0 Å².